The average molecular weight is 336 g/mol. The molecule has 0 aromatic heterocycles. The van der Waals surface area contributed by atoms with Gasteiger partial charge in [0.2, 0.25) is 0 Å². The van der Waals surface area contributed by atoms with E-state index in [9.17, 15) is 9.50 Å². The van der Waals surface area contributed by atoms with Gasteiger partial charge in [0.25, 0.3) is 0 Å². The molecule has 1 aromatic rings. The second-order valence-corrected chi connectivity index (χ2v) is 6.43. The third-order valence-electron chi connectivity index (χ3n) is 2.69. The molecule has 0 amide bonds. The molecule has 0 bridgehead atoms. The molecule has 1 aromatic carbocycles. The lowest BCUT2D eigenvalue weighted by Gasteiger charge is -2.25. The Labute approximate surface area is 120 Å². The van der Waals surface area contributed by atoms with Crippen LogP contribution in [0.5, 0.6) is 0 Å². The fourth-order valence-electron chi connectivity index (χ4n) is 1.63. The van der Waals surface area contributed by atoms with Gasteiger partial charge in [-0.25, -0.2) is 4.39 Å². The predicted octanol–water partition coefficient (Wildman–Crippen LogP) is 3.35. The van der Waals surface area contributed by atoms with Crippen molar-refractivity contribution in [2.24, 2.45) is 0 Å². The summed E-state index contributed by atoms with van der Waals surface area (Å²) in [5, 5.41) is 13.3. The molecule has 2 nitrogen and oxygen atoms in total. The molecule has 0 saturated heterocycles. The maximum absolute atomic E-state index is 13.1. The zero-order valence-corrected chi connectivity index (χ0v) is 13.2. The fraction of sp³-hybridized carbons (Fsp3) is 0.538. The SMILES string of the molecule is CSCC(C)(O)CNC(C)c1ccc(F)c(Br)c1. The summed E-state index contributed by atoms with van der Waals surface area (Å²) in [4.78, 5) is 0. The number of nitrogens with one attached hydrogen (secondary N) is 1. The first kappa shape index (κ1) is 16.0. The Hall–Kier alpha value is -0.100. The summed E-state index contributed by atoms with van der Waals surface area (Å²) in [7, 11) is 0. The van der Waals surface area contributed by atoms with Crippen molar-refractivity contribution in [3.63, 3.8) is 0 Å². The van der Waals surface area contributed by atoms with Crippen LogP contribution < -0.4 is 5.32 Å². The molecule has 0 aliphatic rings. The normalized spacial score (nSPS) is 16.3. The minimum atomic E-state index is -0.731. The smallest absolute Gasteiger partial charge is 0.137 e. The lowest BCUT2D eigenvalue weighted by molar-refractivity contribution is 0.0820. The zero-order chi connectivity index (χ0) is 13.8. The Balaban J connectivity index is 2.60. The molecule has 0 radical (unpaired) electrons. The number of thioether (sulfide) groups is 1. The Bertz CT molecular complexity index is 401. The lowest BCUT2D eigenvalue weighted by atomic mass is 10.1. The van der Waals surface area contributed by atoms with Gasteiger partial charge >= 0.3 is 0 Å². The second kappa shape index (κ2) is 6.89. The van der Waals surface area contributed by atoms with Crippen LogP contribution >= 0.6 is 27.7 Å². The van der Waals surface area contributed by atoms with Crippen LogP contribution in [0.3, 0.4) is 0 Å². The fourth-order valence-corrected chi connectivity index (χ4v) is 2.75. The Morgan fingerprint density at radius 3 is 2.78 bits per heavy atom. The summed E-state index contributed by atoms with van der Waals surface area (Å²) >= 11 is 4.79. The molecule has 0 saturated carbocycles. The highest BCUT2D eigenvalue weighted by Gasteiger charge is 2.20. The van der Waals surface area contributed by atoms with E-state index < -0.39 is 5.60 Å². The van der Waals surface area contributed by atoms with E-state index in [1.807, 2.05) is 20.1 Å². The highest BCUT2D eigenvalue weighted by molar-refractivity contribution is 9.10. The molecule has 0 heterocycles. The summed E-state index contributed by atoms with van der Waals surface area (Å²) in [5.41, 5.74) is 0.258. The first-order valence-corrected chi connectivity index (χ1v) is 7.94. The van der Waals surface area contributed by atoms with E-state index in [0.29, 0.717) is 16.8 Å². The molecule has 18 heavy (non-hydrogen) atoms. The molecular weight excluding hydrogens is 317 g/mol. The third-order valence-corrected chi connectivity index (χ3v) is 4.21. The summed E-state index contributed by atoms with van der Waals surface area (Å²) in [6, 6.07) is 5.02. The topological polar surface area (TPSA) is 32.3 Å². The maximum Gasteiger partial charge on any atom is 0.137 e. The highest BCUT2D eigenvalue weighted by atomic mass is 79.9. The van der Waals surface area contributed by atoms with Crippen molar-refractivity contribution in [2.75, 3.05) is 18.6 Å². The van der Waals surface area contributed by atoms with Gasteiger partial charge in [0.15, 0.2) is 0 Å². The van der Waals surface area contributed by atoms with Crippen LogP contribution in [-0.2, 0) is 0 Å². The number of hydrogen-bond donors (Lipinski definition) is 2. The van der Waals surface area contributed by atoms with Crippen LogP contribution in [0.4, 0.5) is 4.39 Å². The van der Waals surface area contributed by atoms with Crippen molar-refractivity contribution in [2.45, 2.75) is 25.5 Å². The van der Waals surface area contributed by atoms with E-state index in [1.165, 1.54) is 6.07 Å². The predicted molar refractivity (Wildman–Crippen MR) is 79.5 cm³/mol. The molecule has 1 rings (SSSR count). The van der Waals surface area contributed by atoms with E-state index in [2.05, 4.69) is 21.2 Å². The third kappa shape index (κ3) is 4.88. The van der Waals surface area contributed by atoms with Crippen LogP contribution in [0.15, 0.2) is 22.7 Å². The lowest BCUT2D eigenvalue weighted by Crippen LogP contribution is -2.40. The van der Waals surface area contributed by atoms with Crippen LogP contribution in [-0.4, -0.2) is 29.3 Å². The van der Waals surface area contributed by atoms with Crippen molar-refractivity contribution < 1.29 is 9.50 Å². The van der Waals surface area contributed by atoms with Crippen molar-refractivity contribution in [1.29, 1.82) is 0 Å². The summed E-state index contributed by atoms with van der Waals surface area (Å²) < 4.78 is 13.6. The van der Waals surface area contributed by atoms with Crippen molar-refractivity contribution in [3.05, 3.63) is 34.1 Å². The zero-order valence-electron chi connectivity index (χ0n) is 10.8. The van der Waals surface area contributed by atoms with E-state index >= 15 is 0 Å². The van der Waals surface area contributed by atoms with Crippen molar-refractivity contribution in [3.8, 4) is 0 Å². The van der Waals surface area contributed by atoms with Crippen LogP contribution in [0.25, 0.3) is 0 Å². The number of aliphatic hydroxyl groups is 1. The van der Waals surface area contributed by atoms with Crippen LogP contribution in [0.1, 0.15) is 25.5 Å². The molecule has 0 fully saturated rings. The van der Waals surface area contributed by atoms with E-state index in [0.717, 1.165) is 5.56 Å². The quantitative estimate of drug-likeness (QED) is 0.836. The van der Waals surface area contributed by atoms with Gasteiger partial charge in [0.05, 0.1) is 10.1 Å². The molecule has 5 heteroatoms. The first-order chi connectivity index (χ1) is 8.35. The molecule has 2 unspecified atom stereocenters. The van der Waals surface area contributed by atoms with Gasteiger partial charge in [0, 0.05) is 18.3 Å². The van der Waals surface area contributed by atoms with Crippen LogP contribution in [0.2, 0.25) is 0 Å². The minimum absolute atomic E-state index is 0.0650. The first-order valence-electron chi connectivity index (χ1n) is 5.75. The standard InChI is InChI=1S/C13H19BrFNOS/c1-9(16-7-13(2,17)8-18-3)10-4-5-12(15)11(14)6-10/h4-6,9,16-17H,7-8H2,1-3H3. The van der Waals surface area contributed by atoms with Gasteiger partial charge in [-0.05, 0) is 53.7 Å². The van der Waals surface area contributed by atoms with Gasteiger partial charge in [0.1, 0.15) is 5.82 Å². The van der Waals surface area contributed by atoms with E-state index in [-0.39, 0.29) is 11.9 Å². The number of rotatable bonds is 6. The summed E-state index contributed by atoms with van der Waals surface area (Å²) in [6.07, 6.45) is 1.97. The molecule has 2 atom stereocenters. The Morgan fingerprint density at radius 2 is 2.22 bits per heavy atom. The molecular formula is C13H19BrFNOS. The molecule has 0 aliphatic carbocycles. The number of halogens is 2. The van der Waals surface area contributed by atoms with Crippen molar-refractivity contribution >= 4 is 27.7 Å². The monoisotopic (exact) mass is 335 g/mol. The largest absolute Gasteiger partial charge is 0.388 e. The minimum Gasteiger partial charge on any atom is -0.388 e. The highest BCUT2D eigenvalue weighted by Crippen LogP contribution is 2.21. The summed E-state index contributed by atoms with van der Waals surface area (Å²) in [5.74, 6) is 0.417. The Kier molecular flexibility index (Phi) is 6.11. The number of hydrogen-bond acceptors (Lipinski definition) is 3. The van der Waals surface area contributed by atoms with Crippen molar-refractivity contribution in [1.82, 2.24) is 5.32 Å². The Morgan fingerprint density at radius 1 is 1.56 bits per heavy atom. The van der Waals surface area contributed by atoms with E-state index in [4.69, 9.17) is 0 Å². The second-order valence-electron chi connectivity index (χ2n) is 4.71. The maximum atomic E-state index is 13.1. The molecule has 102 valence electrons. The molecule has 0 spiro atoms. The van der Waals surface area contributed by atoms with Gasteiger partial charge in [-0.3, -0.25) is 0 Å². The number of benzene rings is 1. The van der Waals surface area contributed by atoms with E-state index in [1.54, 1.807) is 23.9 Å². The van der Waals surface area contributed by atoms with Gasteiger partial charge in [-0.15, -0.1) is 0 Å². The average Bonchev–Trinajstić information content (AvgIpc) is 2.30. The molecule has 2 N–H and O–H groups in total. The van der Waals surface area contributed by atoms with Gasteiger partial charge in [-0.2, -0.15) is 11.8 Å². The van der Waals surface area contributed by atoms with Gasteiger partial charge in [-0.1, -0.05) is 6.07 Å². The van der Waals surface area contributed by atoms with Crippen LogP contribution in [0, 0.1) is 5.82 Å². The van der Waals surface area contributed by atoms with Gasteiger partial charge < -0.3 is 10.4 Å². The molecule has 0 aliphatic heterocycles. The summed E-state index contributed by atoms with van der Waals surface area (Å²) in [6.45, 7) is 4.31.